The highest BCUT2D eigenvalue weighted by atomic mass is 16.5. The van der Waals surface area contributed by atoms with Crippen molar-refractivity contribution in [2.45, 2.75) is 40.7 Å². The highest BCUT2D eigenvalue weighted by Crippen LogP contribution is 2.23. The van der Waals surface area contributed by atoms with Gasteiger partial charge in [0.05, 0.1) is 6.61 Å². The van der Waals surface area contributed by atoms with Gasteiger partial charge in [0, 0.05) is 11.6 Å². The van der Waals surface area contributed by atoms with E-state index >= 15 is 0 Å². The summed E-state index contributed by atoms with van der Waals surface area (Å²) in [5.41, 5.74) is 2.44. The topological polar surface area (TPSA) is 58.6 Å². The first-order valence-electron chi connectivity index (χ1n) is 7.61. The van der Waals surface area contributed by atoms with Crippen molar-refractivity contribution in [3.8, 4) is 0 Å². The van der Waals surface area contributed by atoms with Gasteiger partial charge >= 0.3 is 7.12 Å². The van der Waals surface area contributed by atoms with Gasteiger partial charge in [-0.1, -0.05) is 33.8 Å². The van der Waals surface area contributed by atoms with Gasteiger partial charge in [0.2, 0.25) is 5.91 Å². The second kappa shape index (κ2) is 6.63. The highest BCUT2D eigenvalue weighted by molar-refractivity contribution is 6.61. The van der Waals surface area contributed by atoms with Gasteiger partial charge in [-0.15, -0.1) is 0 Å². The van der Waals surface area contributed by atoms with Crippen LogP contribution in [0.3, 0.4) is 0 Å². The summed E-state index contributed by atoms with van der Waals surface area (Å²) < 4.78 is 5.16. The molecule has 0 fully saturated rings. The molecule has 2 N–H and O–H groups in total. The zero-order valence-electron chi connectivity index (χ0n) is 13.2. The number of hydrogen-bond donors (Lipinski definition) is 2. The normalized spacial score (nSPS) is 15.5. The van der Waals surface area contributed by atoms with Crippen LogP contribution < -0.4 is 10.8 Å². The summed E-state index contributed by atoms with van der Waals surface area (Å²) in [6, 6.07) is 5.57. The molecule has 0 spiro atoms. The molecule has 0 bridgehead atoms. The van der Waals surface area contributed by atoms with Crippen molar-refractivity contribution >= 4 is 24.2 Å². The first-order chi connectivity index (χ1) is 9.88. The molecule has 5 heteroatoms. The Morgan fingerprint density at radius 1 is 1.38 bits per heavy atom. The van der Waals surface area contributed by atoms with Gasteiger partial charge in [0.15, 0.2) is 0 Å². The summed E-state index contributed by atoms with van der Waals surface area (Å²) in [7, 11) is -0.881. The van der Waals surface area contributed by atoms with E-state index in [1.54, 1.807) is 6.07 Å². The molecule has 1 atom stereocenters. The van der Waals surface area contributed by atoms with Gasteiger partial charge in [0.25, 0.3) is 0 Å². The van der Waals surface area contributed by atoms with Crippen LogP contribution in [-0.4, -0.2) is 18.0 Å². The Morgan fingerprint density at radius 2 is 2.10 bits per heavy atom. The Morgan fingerprint density at radius 3 is 2.71 bits per heavy atom. The maximum atomic E-state index is 12.5. The van der Waals surface area contributed by atoms with E-state index in [-0.39, 0.29) is 11.8 Å². The lowest BCUT2D eigenvalue weighted by Crippen LogP contribution is -2.30. The number of hydrogen-bond acceptors (Lipinski definition) is 3. The number of rotatable bonds is 5. The molecular formula is C16H24BNO3. The molecule has 4 nitrogen and oxygen atoms in total. The van der Waals surface area contributed by atoms with Crippen LogP contribution in [0, 0.1) is 17.8 Å². The molecular weight excluding hydrogens is 265 g/mol. The quantitative estimate of drug-likeness (QED) is 0.817. The van der Waals surface area contributed by atoms with Crippen molar-refractivity contribution in [3.05, 3.63) is 23.8 Å². The standard InChI is InChI=1S/C16H24BNO3/c1-10(2)7-14(11(3)4)16(19)18-13-6-5-12-9-21-17(20)15(12)8-13/h5-6,8,10-11,14,20H,7,9H2,1-4H3,(H,18,19). The number of carbonyl (C=O) groups excluding carboxylic acids is 1. The molecule has 0 aliphatic carbocycles. The Bertz CT molecular complexity index is 516. The third kappa shape index (κ3) is 3.86. The third-order valence-corrected chi connectivity index (χ3v) is 3.94. The molecule has 0 saturated heterocycles. The van der Waals surface area contributed by atoms with Crippen molar-refractivity contribution in [1.29, 1.82) is 0 Å². The van der Waals surface area contributed by atoms with Crippen molar-refractivity contribution in [2.75, 3.05) is 5.32 Å². The lowest BCUT2D eigenvalue weighted by atomic mass is 9.79. The lowest BCUT2D eigenvalue weighted by Gasteiger charge is -2.22. The van der Waals surface area contributed by atoms with Gasteiger partial charge in [-0.25, -0.2) is 0 Å². The smallest absolute Gasteiger partial charge is 0.423 e. The number of carbonyl (C=O) groups is 1. The second-order valence-electron chi connectivity index (χ2n) is 6.55. The summed E-state index contributed by atoms with van der Waals surface area (Å²) in [4.78, 5) is 12.5. The Kier molecular flexibility index (Phi) is 5.06. The molecule has 0 saturated carbocycles. The molecule has 1 heterocycles. The minimum Gasteiger partial charge on any atom is -0.423 e. The summed E-state index contributed by atoms with van der Waals surface area (Å²) in [6.07, 6.45) is 0.875. The van der Waals surface area contributed by atoms with Gasteiger partial charge in [-0.05, 0) is 41.4 Å². The lowest BCUT2D eigenvalue weighted by molar-refractivity contribution is -0.121. The average Bonchev–Trinajstić information content (AvgIpc) is 2.77. The summed E-state index contributed by atoms with van der Waals surface area (Å²) in [5.74, 6) is 0.834. The minimum atomic E-state index is -0.881. The average molecular weight is 289 g/mol. The van der Waals surface area contributed by atoms with E-state index in [1.807, 2.05) is 12.1 Å². The first-order valence-corrected chi connectivity index (χ1v) is 7.61. The van der Waals surface area contributed by atoms with Gasteiger partial charge in [-0.2, -0.15) is 0 Å². The van der Waals surface area contributed by atoms with E-state index in [4.69, 9.17) is 4.65 Å². The van der Waals surface area contributed by atoms with E-state index in [1.165, 1.54) is 0 Å². The van der Waals surface area contributed by atoms with E-state index in [9.17, 15) is 9.82 Å². The van der Waals surface area contributed by atoms with Crippen LogP contribution in [0.2, 0.25) is 0 Å². The Balaban J connectivity index is 2.10. The fourth-order valence-electron chi connectivity index (χ4n) is 2.72. The Labute approximate surface area is 127 Å². The van der Waals surface area contributed by atoms with Gasteiger partial charge in [-0.3, -0.25) is 4.79 Å². The van der Waals surface area contributed by atoms with Gasteiger partial charge < -0.3 is 15.0 Å². The molecule has 0 aromatic heterocycles. The predicted molar refractivity (Wildman–Crippen MR) is 85.3 cm³/mol. The maximum absolute atomic E-state index is 12.5. The molecule has 0 radical (unpaired) electrons. The first kappa shape index (κ1) is 16.1. The SMILES string of the molecule is CC(C)CC(C(=O)Nc1ccc2c(c1)B(O)OC2)C(C)C. The molecule has 1 amide bonds. The number of fused-ring (bicyclic) bond motifs is 1. The van der Waals surface area contributed by atoms with E-state index in [0.29, 0.717) is 18.4 Å². The fourth-order valence-corrected chi connectivity index (χ4v) is 2.72. The van der Waals surface area contributed by atoms with Gasteiger partial charge in [0.1, 0.15) is 0 Å². The number of nitrogens with one attached hydrogen (secondary N) is 1. The van der Waals surface area contributed by atoms with Crippen LogP contribution in [0.25, 0.3) is 0 Å². The predicted octanol–water partition coefficient (Wildman–Crippen LogP) is 2.16. The van der Waals surface area contributed by atoms with E-state index in [2.05, 4.69) is 33.0 Å². The highest BCUT2D eigenvalue weighted by Gasteiger charge is 2.28. The largest absolute Gasteiger partial charge is 0.491 e. The molecule has 1 aliphatic heterocycles. The minimum absolute atomic E-state index is 0.000530. The molecule has 114 valence electrons. The number of anilines is 1. The molecule has 21 heavy (non-hydrogen) atoms. The molecule has 1 aromatic carbocycles. The van der Waals surface area contributed by atoms with Crippen LogP contribution >= 0.6 is 0 Å². The van der Waals surface area contributed by atoms with Crippen LogP contribution in [0.4, 0.5) is 5.69 Å². The monoisotopic (exact) mass is 289 g/mol. The molecule has 2 rings (SSSR count). The Hall–Kier alpha value is -1.33. The fraction of sp³-hybridized carbons (Fsp3) is 0.562. The second-order valence-corrected chi connectivity index (χ2v) is 6.55. The number of amides is 1. The third-order valence-electron chi connectivity index (χ3n) is 3.94. The van der Waals surface area contributed by atoms with Crippen LogP contribution in [-0.2, 0) is 16.1 Å². The van der Waals surface area contributed by atoms with Crippen molar-refractivity contribution in [1.82, 2.24) is 0 Å². The number of benzene rings is 1. The van der Waals surface area contributed by atoms with Crippen molar-refractivity contribution in [2.24, 2.45) is 17.8 Å². The van der Waals surface area contributed by atoms with Crippen molar-refractivity contribution < 1.29 is 14.5 Å². The summed E-state index contributed by atoms with van der Waals surface area (Å²) in [6.45, 7) is 8.84. The molecule has 1 unspecified atom stereocenters. The van der Waals surface area contributed by atoms with Crippen molar-refractivity contribution in [3.63, 3.8) is 0 Å². The molecule has 1 aromatic rings. The van der Waals surface area contributed by atoms with E-state index < -0.39 is 7.12 Å². The zero-order chi connectivity index (χ0) is 15.6. The summed E-state index contributed by atoms with van der Waals surface area (Å²) >= 11 is 0. The van der Waals surface area contributed by atoms with E-state index in [0.717, 1.165) is 23.1 Å². The maximum Gasteiger partial charge on any atom is 0.491 e. The zero-order valence-corrected chi connectivity index (χ0v) is 13.2. The summed E-state index contributed by atoms with van der Waals surface area (Å²) in [5, 5.41) is 12.7. The van der Waals surface area contributed by atoms with Crippen LogP contribution in [0.1, 0.15) is 39.7 Å². The van der Waals surface area contributed by atoms with Crippen LogP contribution in [0.5, 0.6) is 0 Å². The van der Waals surface area contributed by atoms with Crippen LogP contribution in [0.15, 0.2) is 18.2 Å². The molecule has 1 aliphatic rings.